The molecule has 1 spiro atoms. The molecule has 1 aromatic rings. The molecule has 4 rings (SSSR count). The molecule has 1 saturated carbocycles. The van der Waals surface area contributed by atoms with Crippen LogP contribution in [0.2, 0.25) is 0 Å². The highest BCUT2D eigenvalue weighted by Crippen LogP contribution is 2.60. The molecule has 7 heteroatoms. The first-order valence-electron chi connectivity index (χ1n) is 9.41. The van der Waals surface area contributed by atoms with Crippen molar-refractivity contribution >= 4 is 29.1 Å². The number of thiophene rings is 1. The molecule has 2 saturated heterocycles. The average molecular weight is 376 g/mol. The molecule has 1 aromatic heterocycles. The SMILES string of the molecule is O=C(O)c1ccc(C(=O)N2CCC3(CC2)CC3C(=O)N2CCCCC2)s1. The standard InChI is InChI=1S/C19H24N2O4S/c22-16(20-8-2-1-3-9-20)13-12-19(13)6-10-21(11-7-19)17(23)14-4-5-15(26-14)18(24)25/h4-5,13H,1-3,6-12H2,(H,24,25). The van der Waals surface area contributed by atoms with Gasteiger partial charge in [-0.05, 0) is 56.1 Å². The van der Waals surface area contributed by atoms with E-state index >= 15 is 0 Å². The normalized spacial score (nSPS) is 24.5. The molecule has 1 unspecified atom stereocenters. The molecule has 3 heterocycles. The summed E-state index contributed by atoms with van der Waals surface area (Å²) in [5.74, 6) is -0.604. The second-order valence-electron chi connectivity index (χ2n) is 7.77. The summed E-state index contributed by atoms with van der Waals surface area (Å²) in [6.45, 7) is 3.12. The third-order valence-electron chi connectivity index (χ3n) is 6.23. The van der Waals surface area contributed by atoms with Crippen LogP contribution in [0.4, 0.5) is 0 Å². The van der Waals surface area contributed by atoms with Gasteiger partial charge in [0, 0.05) is 32.1 Å². The molecule has 6 nitrogen and oxygen atoms in total. The van der Waals surface area contributed by atoms with E-state index in [1.807, 2.05) is 9.80 Å². The molecule has 140 valence electrons. The van der Waals surface area contributed by atoms with Crippen LogP contribution in [0, 0.1) is 11.3 Å². The Balaban J connectivity index is 1.33. The Hall–Kier alpha value is -1.89. The lowest BCUT2D eigenvalue weighted by Crippen LogP contribution is -2.42. The molecule has 0 bridgehead atoms. The van der Waals surface area contributed by atoms with Gasteiger partial charge in [0.15, 0.2) is 0 Å². The fourth-order valence-electron chi connectivity index (χ4n) is 4.46. The second kappa shape index (κ2) is 6.68. The van der Waals surface area contributed by atoms with Crippen molar-refractivity contribution < 1.29 is 19.5 Å². The summed E-state index contributed by atoms with van der Waals surface area (Å²) in [5, 5.41) is 9.01. The molecule has 0 aromatic carbocycles. The molecule has 1 aliphatic carbocycles. The smallest absolute Gasteiger partial charge is 0.345 e. The largest absolute Gasteiger partial charge is 0.477 e. The Morgan fingerprint density at radius 3 is 2.23 bits per heavy atom. The highest BCUT2D eigenvalue weighted by atomic mass is 32.1. The van der Waals surface area contributed by atoms with Crippen molar-refractivity contribution in [2.24, 2.45) is 11.3 Å². The number of carboxylic acid groups (broad SMARTS) is 1. The van der Waals surface area contributed by atoms with E-state index in [-0.39, 0.29) is 22.1 Å². The van der Waals surface area contributed by atoms with Gasteiger partial charge in [-0.3, -0.25) is 9.59 Å². The number of amides is 2. The maximum Gasteiger partial charge on any atom is 0.345 e. The van der Waals surface area contributed by atoms with Gasteiger partial charge in [0.25, 0.3) is 5.91 Å². The quantitative estimate of drug-likeness (QED) is 0.880. The Morgan fingerprint density at radius 1 is 0.962 bits per heavy atom. The van der Waals surface area contributed by atoms with Crippen LogP contribution in [0.1, 0.15) is 57.9 Å². The minimum Gasteiger partial charge on any atom is -0.477 e. The number of carbonyl (C=O) groups is 3. The van der Waals surface area contributed by atoms with E-state index in [1.54, 1.807) is 6.07 Å². The number of hydrogen-bond acceptors (Lipinski definition) is 4. The lowest BCUT2D eigenvalue weighted by atomic mass is 9.90. The van der Waals surface area contributed by atoms with Crippen LogP contribution >= 0.6 is 11.3 Å². The van der Waals surface area contributed by atoms with Gasteiger partial charge in [0.2, 0.25) is 5.91 Å². The first-order valence-corrected chi connectivity index (χ1v) is 10.2. The van der Waals surface area contributed by atoms with Crippen molar-refractivity contribution in [1.82, 2.24) is 9.80 Å². The molecule has 2 aliphatic heterocycles. The van der Waals surface area contributed by atoms with Crippen LogP contribution in [0.3, 0.4) is 0 Å². The van der Waals surface area contributed by atoms with Gasteiger partial charge >= 0.3 is 5.97 Å². The van der Waals surface area contributed by atoms with Gasteiger partial charge in [-0.15, -0.1) is 11.3 Å². The van der Waals surface area contributed by atoms with E-state index in [0.717, 1.165) is 56.5 Å². The van der Waals surface area contributed by atoms with Crippen LogP contribution < -0.4 is 0 Å². The van der Waals surface area contributed by atoms with E-state index in [9.17, 15) is 14.4 Å². The molecule has 0 radical (unpaired) electrons. The number of likely N-dealkylation sites (tertiary alicyclic amines) is 2. The summed E-state index contributed by atoms with van der Waals surface area (Å²) in [6, 6.07) is 3.08. The van der Waals surface area contributed by atoms with Crippen LogP contribution in [0.5, 0.6) is 0 Å². The highest BCUT2D eigenvalue weighted by molar-refractivity contribution is 7.15. The van der Waals surface area contributed by atoms with Crippen molar-refractivity contribution in [3.05, 3.63) is 21.9 Å². The summed E-state index contributed by atoms with van der Waals surface area (Å²) < 4.78 is 0. The van der Waals surface area contributed by atoms with Crippen LogP contribution in [0.15, 0.2) is 12.1 Å². The maximum absolute atomic E-state index is 12.7. The topological polar surface area (TPSA) is 77.9 Å². The zero-order valence-electron chi connectivity index (χ0n) is 14.8. The van der Waals surface area contributed by atoms with E-state index in [0.29, 0.717) is 23.9 Å². The maximum atomic E-state index is 12.7. The second-order valence-corrected chi connectivity index (χ2v) is 8.85. The van der Waals surface area contributed by atoms with Gasteiger partial charge in [-0.25, -0.2) is 4.79 Å². The number of rotatable bonds is 3. The third kappa shape index (κ3) is 3.13. The molecular formula is C19H24N2O4S. The predicted molar refractivity (Wildman–Crippen MR) is 97.4 cm³/mol. The third-order valence-corrected chi connectivity index (χ3v) is 7.29. The number of nitrogens with zero attached hydrogens (tertiary/aromatic N) is 2. The number of aromatic carboxylic acids is 1. The molecule has 3 fully saturated rings. The Labute approximate surface area is 156 Å². The minimum atomic E-state index is -0.997. The van der Waals surface area contributed by atoms with Crippen LogP contribution in [0.25, 0.3) is 0 Å². The van der Waals surface area contributed by atoms with E-state index in [4.69, 9.17) is 5.11 Å². The molecular weight excluding hydrogens is 352 g/mol. The summed E-state index contributed by atoms with van der Waals surface area (Å²) in [5.41, 5.74) is 0.104. The molecule has 2 amide bonds. The van der Waals surface area contributed by atoms with Crippen molar-refractivity contribution in [2.45, 2.75) is 38.5 Å². The van der Waals surface area contributed by atoms with Gasteiger partial charge in [-0.2, -0.15) is 0 Å². The van der Waals surface area contributed by atoms with E-state index in [2.05, 4.69) is 0 Å². The van der Waals surface area contributed by atoms with Gasteiger partial charge in [0.05, 0.1) is 4.88 Å². The minimum absolute atomic E-state index is 0.0862. The average Bonchev–Trinajstić information content (AvgIpc) is 3.13. The fourth-order valence-corrected chi connectivity index (χ4v) is 5.28. The first kappa shape index (κ1) is 17.5. The number of carboxylic acids is 1. The van der Waals surface area contributed by atoms with Crippen molar-refractivity contribution in [3.63, 3.8) is 0 Å². The van der Waals surface area contributed by atoms with E-state index in [1.165, 1.54) is 12.5 Å². The fraction of sp³-hybridized carbons (Fsp3) is 0.632. The van der Waals surface area contributed by atoms with Crippen molar-refractivity contribution in [1.29, 1.82) is 0 Å². The zero-order valence-corrected chi connectivity index (χ0v) is 15.6. The summed E-state index contributed by atoms with van der Waals surface area (Å²) in [7, 11) is 0. The molecule has 3 aliphatic rings. The summed E-state index contributed by atoms with van der Waals surface area (Å²) >= 11 is 1.03. The summed E-state index contributed by atoms with van der Waals surface area (Å²) in [6.07, 6.45) is 6.18. The lowest BCUT2D eigenvalue weighted by molar-refractivity contribution is -0.134. The number of carbonyl (C=O) groups excluding carboxylic acids is 2. The van der Waals surface area contributed by atoms with Crippen LogP contribution in [-0.2, 0) is 4.79 Å². The predicted octanol–water partition coefficient (Wildman–Crippen LogP) is 2.70. The number of piperidine rings is 2. The van der Waals surface area contributed by atoms with Gasteiger partial charge < -0.3 is 14.9 Å². The van der Waals surface area contributed by atoms with E-state index < -0.39 is 5.97 Å². The van der Waals surface area contributed by atoms with Crippen LogP contribution in [-0.4, -0.2) is 58.9 Å². The Kier molecular flexibility index (Phi) is 4.50. The first-order chi connectivity index (χ1) is 12.5. The Morgan fingerprint density at radius 2 is 1.62 bits per heavy atom. The van der Waals surface area contributed by atoms with Gasteiger partial charge in [0.1, 0.15) is 4.88 Å². The van der Waals surface area contributed by atoms with Gasteiger partial charge in [-0.1, -0.05) is 0 Å². The van der Waals surface area contributed by atoms with Crippen molar-refractivity contribution in [3.8, 4) is 0 Å². The molecule has 26 heavy (non-hydrogen) atoms. The summed E-state index contributed by atoms with van der Waals surface area (Å²) in [4.78, 5) is 40.8. The molecule has 1 atom stereocenters. The Bertz CT molecular complexity index is 730. The lowest BCUT2D eigenvalue weighted by Gasteiger charge is -2.34. The monoisotopic (exact) mass is 376 g/mol. The van der Waals surface area contributed by atoms with Crippen molar-refractivity contribution in [2.75, 3.05) is 26.2 Å². The number of hydrogen-bond donors (Lipinski definition) is 1. The highest BCUT2D eigenvalue weighted by Gasteiger charge is 2.59. The molecule has 1 N–H and O–H groups in total. The zero-order chi connectivity index (χ0) is 18.3.